The van der Waals surface area contributed by atoms with Gasteiger partial charge in [-0.25, -0.2) is 0 Å². The summed E-state index contributed by atoms with van der Waals surface area (Å²) in [6.45, 7) is 0. The zero-order chi connectivity index (χ0) is 12.3. The molecule has 0 unspecified atom stereocenters. The maximum atomic E-state index is 12.3. The molecule has 0 bridgehead atoms. The molecule has 0 aliphatic rings. The number of alkyl halides is 3. The maximum Gasteiger partial charge on any atom is 0.557 e. The van der Waals surface area contributed by atoms with Gasteiger partial charge in [0.2, 0.25) is 0 Å². The predicted molar refractivity (Wildman–Crippen MR) is 45.9 cm³/mol. The second-order valence-corrected chi connectivity index (χ2v) is 2.78. The van der Waals surface area contributed by atoms with Gasteiger partial charge in [-0.05, 0) is 6.07 Å². The fourth-order valence-electron chi connectivity index (χ4n) is 1.11. The standard InChI is InChI=1S/C7H6BF3O5/c9-7(10,11)4-2-1-3-5(6(4)12)8(15-13)16-14/h1-3,12-14H. The molecule has 1 aromatic rings. The summed E-state index contributed by atoms with van der Waals surface area (Å²) in [5.41, 5.74) is -1.89. The highest BCUT2D eigenvalue weighted by atomic mass is 19.4. The van der Waals surface area contributed by atoms with Crippen molar-refractivity contribution in [3.05, 3.63) is 23.8 Å². The summed E-state index contributed by atoms with van der Waals surface area (Å²) in [4.78, 5) is 7.07. The van der Waals surface area contributed by atoms with E-state index in [0.29, 0.717) is 6.07 Å². The van der Waals surface area contributed by atoms with Crippen LogP contribution in [0, 0.1) is 0 Å². The predicted octanol–water partition coefficient (Wildman–Crippen LogP) is 1.09. The monoisotopic (exact) mass is 238 g/mol. The Balaban J connectivity index is 3.23. The van der Waals surface area contributed by atoms with Crippen molar-refractivity contribution < 1.29 is 38.4 Å². The molecule has 88 valence electrons. The summed E-state index contributed by atoms with van der Waals surface area (Å²) in [6, 6.07) is 2.58. The smallest absolute Gasteiger partial charge is 0.508 e. The summed E-state index contributed by atoms with van der Waals surface area (Å²) in [5, 5.41) is 25.7. The van der Waals surface area contributed by atoms with Crippen LogP contribution in [0.25, 0.3) is 0 Å². The normalized spacial score (nSPS) is 11.6. The van der Waals surface area contributed by atoms with Gasteiger partial charge < -0.3 is 5.11 Å². The van der Waals surface area contributed by atoms with Crippen LogP contribution in [-0.4, -0.2) is 22.7 Å². The van der Waals surface area contributed by atoms with Crippen LogP contribution in [-0.2, 0) is 15.8 Å². The first kappa shape index (κ1) is 12.8. The second kappa shape index (κ2) is 4.70. The van der Waals surface area contributed by atoms with E-state index in [1.54, 1.807) is 0 Å². The lowest BCUT2D eigenvalue weighted by molar-refractivity contribution is -0.221. The molecule has 0 aliphatic carbocycles. The minimum atomic E-state index is -4.77. The second-order valence-electron chi connectivity index (χ2n) is 2.78. The number of phenolic OH excluding ortho intramolecular Hbond substituents is 1. The number of para-hydroxylation sites is 1. The number of benzene rings is 1. The molecule has 0 atom stereocenters. The molecule has 0 amide bonds. The maximum absolute atomic E-state index is 12.3. The molecule has 1 rings (SSSR count). The summed E-state index contributed by atoms with van der Waals surface area (Å²) in [6.07, 6.45) is -4.77. The Labute approximate surface area is 87.7 Å². The van der Waals surface area contributed by atoms with E-state index in [-0.39, 0.29) is 0 Å². The van der Waals surface area contributed by atoms with E-state index in [0.717, 1.165) is 12.1 Å². The van der Waals surface area contributed by atoms with Crippen molar-refractivity contribution in [2.24, 2.45) is 0 Å². The summed E-state index contributed by atoms with van der Waals surface area (Å²) < 4.78 is 37.0. The zero-order valence-electron chi connectivity index (χ0n) is 7.60. The van der Waals surface area contributed by atoms with Crippen molar-refractivity contribution in [3.63, 3.8) is 0 Å². The van der Waals surface area contributed by atoms with E-state index in [1.165, 1.54) is 0 Å². The first-order valence-corrected chi connectivity index (χ1v) is 3.91. The van der Waals surface area contributed by atoms with Crippen molar-refractivity contribution in [1.29, 1.82) is 0 Å². The van der Waals surface area contributed by atoms with Gasteiger partial charge in [0.15, 0.2) is 0 Å². The molecule has 0 heterocycles. The van der Waals surface area contributed by atoms with Crippen molar-refractivity contribution in [2.45, 2.75) is 6.18 Å². The number of hydrogen-bond donors (Lipinski definition) is 3. The molecule has 0 fully saturated rings. The van der Waals surface area contributed by atoms with E-state index in [4.69, 9.17) is 10.5 Å². The van der Waals surface area contributed by atoms with E-state index in [2.05, 4.69) is 9.61 Å². The van der Waals surface area contributed by atoms with Crippen molar-refractivity contribution in [1.82, 2.24) is 0 Å². The van der Waals surface area contributed by atoms with Crippen LogP contribution < -0.4 is 5.46 Å². The average molecular weight is 238 g/mol. The Hall–Kier alpha value is -1.29. The Kier molecular flexibility index (Phi) is 3.76. The highest BCUT2D eigenvalue weighted by molar-refractivity contribution is 6.61. The van der Waals surface area contributed by atoms with Crippen LogP contribution in [0.5, 0.6) is 5.75 Å². The van der Waals surface area contributed by atoms with Gasteiger partial charge in [0, 0.05) is 5.46 Å². The first-order chi connectivity index (χ1) is 7.41. The third kappa shape index (κ3) is 2.45. The minimum absolute atomic E-state index is 0.556. The summed E-state index contributed by atoms with van der Waals surface area (Å²) >= 11 is 0. The molecule has 0 spiro atoms. The summed E-state index contributed by atoms with van der Waals surface area (Å²) in [7, 11) is -1.91. The van der Waals surface area contributed by atoms with Crippen LogP contribution >= 0.6 is 0 Å². The fourth-order valence-corrected chi connectivity index (χ4v) is 1.11. The van der Waals surface area contributed by atoms with Gasteiger partial charge in [0.25, 0.3) is 0 Å². The van der Waals surface area contributed by atoms with E-state index < -0.39 is 30.1 Å². The fraction of sp³-hybridized carbons (Fsp3) is 0.143. The van der Waals surface area contributed by atoms with Gasteiger partial charge >= 0.3 is 13.3 Å². The van der Waals surface area contributed by atoms with Crippen LogP contribution in [0.4, 0.5) is 13.2 Å². The van der Waals surface area contributed by atoms with Gasteiger partial charge in [-0.1, -0.05) is 12.1 Å². The van der Waals surface area contributed by atoms with Gasteiger partial charge in [-0.3, -0.25) is 20.1 Å². The molecule has 0 aliphatic heterocycles. The van der Waals surface area contributed by atoms with Crippen LogP contribution in [0.15, 0.2) is 18.2 Å². The van der Waals surface area contributed by atoms with Gasteiger partial charge in [-0.15, -0.1) is 0 Å². The van der Waals surface area contributed by atoms with Crippen molar-refractivity contribution in [3.8, 4) is 5.75 Å². The van der Waals surface area contributed by atoms with Gasteiger partial charge in [0.1, 0.15) is 5.75 Å². The Morgan fingerprint density at radius 1 is 1.12 bits per heavy atom. The highest BCUT2D eigenvalue weighted by Gasteiger charge is 2.37. The largest absolute Gasteiger partial charge is 0.557 e. The molecule has 3 N–H and O–H groups in total. The number of hydrogen-bond acceptors (Lipinski definition) is 5. The third-order valence-electron chi connectivity index (χ3n) is 1.82. The molecule has 16 heavy (non-hydrogen) atoms. The molecular formula is C7H6BF3O5. The SMILES string of the molecule is OOB(OO)c1cccc(C(F)(F)F)c1O. The molecule has 5 nitrogen and oxygen atoms in total. The Bertz CT molecular complexity index is 366. The quantitative estimate of drug-likeness (QED) is 0.417. The van der Waals surface area contributed by atoms with Gasteiger partial charge in [0.05, 0.1) is 5.56 Å². The highest BCUT2D eigenvalue weighted by Crippen LogP contribution is 2.34. The third-order valence-corrected chi connectivity index (χ3v) is 1.82. The minimum Gasteiger partial charge on any atom is -0.508 e. The molecule has 0 saturated carbocycles. The number of halogens is 3. The molecule has 0 radical (unpaired) electrons. The van der Waals surface area contributed by atoms with Crippen molar-refractivity contribution in [2.75, 3.05) is 0 Å². The summed E-state index contributed by atoms with van der Waals surface area (Å²) in [5.74, 6) is -1.19. The van der Waals surface area contributed by atoms with Gasteiger partial charge in [-0.2, -0.15) is 13.2 Å². The molecule has 1 aromatic carbocycles. The van der Waals surface area contributed by atoms with Crippen LogP contribution in [0.1, 0.15) is 5.56 Å². The lowest BCUT2D eigenvalue weighted by Crippen LogP contribution is -2.36. The Morgan fingerprint density at radius 3 is 2.12 bits per heavy atom. The molecule has 0 saturated heterocycles. The van der Waals surface area contributed by atoms with E-state index in [1.807, 2.05) is 0 Å². The Morgan fingerprint density at radius 2 is 1.69 bits per heavy atom. The zero-order valence-corrected chi connectivity index (χ0v) is 7.60. The number of rotatable bonds is 3. The van der Waals surface area contributed by atoms with E-state index in [9.17, 15) is 18.3 Å². The van der Waals surface area contributed by atoms with Crippen molar-refractivity contribution >= 4 is 12.6 Å². The van der Waals surface area contributed by atoms with Crippen LogP contribution in [0.2, 0.25) is 0 Å². The topological polar surface area (TPSA) is 79.2 Å². The van der Waals surface area contributed by atoms with Crippen LogP contribution in [0.3, 0.4) is 0 Å². The lowest BCUT2D eigenvalue weighted by Gasteiger charge is -2.13. The lowest BCUT2D eigenvalue weighted by atomic mass is 9.78. The van der Waals surface area contributed by atoms with E-state index >= 15 is 0 Å². The number of aromatic hydroxyl groups is 1. The first-order valence-electron chi connectivity index (χ1n) is 3.91. The number of phenols is 1. The molecular weight excluding hydrogens is 232 g/mol. The molecule has 0 aromatic heterocycles. The average Bonchev–Trinajstić information content (AvgIpc) is 2.20. The molecule has 9 heteroatoms.